The van der Waals surface area contributed by atoms with Crippen molar-refractivity contribution in [2.75, 3.05) is 19.8 Å². The molecule has 5 rings (SSSR count). The highest BCUT2D eigenvalue weighted by molar-refractivity contribution is 5.86. The molecule has 160 valence electrons. The molecule has 1 saturated heterocycles. The van der Waals surface area contributed by atoms with Crippen LogP contribution in [0, 0.1) is 11.6 Å². The van der Waals surface area contributed by atoms with Crippen molar-refractivity contribution in [3.8, 4) is 0 Å². The number of carbonyl (C=O) groups is 1. The largest absolute Gasteiger partial charge is 0.478 e. The van der Waals surface area contributed by atoms with E-state index >= 15 is 8.78 Å². The zero-order chi connectivity index (χ0) is 21.5. The van der Waals surface area contributed by atoms with Crippen LogP contribution in [0.25, 0.3) is 17.0 Å². The van der Waals surface area contributed by atoms with E-state index in [-0.39, 0.29) is 17.2 Å². The molecule has 31 heavy (non-hydrogen) atoms. The lowest BCUT2D eigenvalue weighted by Gasteiger charge is -2.39. The number of aliphatic carboxylic acids is 1. The van der Waals surface area contributed by atoms with Crippen molar-refractivity contribution in [1.82, 2.24) is 9.88 Å². The van der Waals surface area contributed by atoms with Gasteiger partial charge in [0.25, 0.3) is 0 Å². The van der Waals surface area contributed by atoms with Crippen LogP contribution in [-0.4, -0.2) is 46.8 Å². The number of benzene rings is 2. The number of fused-ring (bicyclic) bond motifs is 3. The number of H-pyrrole nitrogens is 1. The van der Waals surface area contributed by atoms with Gasteiger partial charge in [0.05, 0.1) is 12.6 Å². The number of nitrogens with one attached hydrogen (secondary N) is 1. The molecular formula is C24H22F2N2O3. The summed E-state index contributed by atoms with van der Waals surface area (Å²) in [6.07, 6.45) is 3.66. The standard InChI is InChI=1S/C24H22F2N2O3/c25-18-11-14(5-6-21(29)30)12-19(26)22(18)24-23-17(16-3-1-2-4-20(16)27-23)7-9-28(24)15-8-10-31-13-15/h1-6,11-12,15,24,27H,7-10,13H2,(H,29,30)/b6-5+. The number of hydrogen-bond acceptors (Lipinski definition) is 3. The molecule has 1 fully saturated rings. The molecule has 2 aliphatic heterocycles. The van der Waals surface area contributed by atoms with Gasteiger partial charge in [0, 0.05) is 47.4 Å². The number of aromatic amines is 1. The van der Waals surface area contributed by atoms with Gasteiger partial charge in [-0.2, -0.15) is 0 Å². The third-order valence-corrected chi connectivity index (χ3v) is 6.24. The average Bonchev–Trinajstić information content (AvgIpc) is 3.40. The van der Waals surface area contributed by atoms with Crippen LogP contribution in [-0.2, 0) is 16.0 Å². The fourth-order valence-corrected chi connectivity index (χ4v) is 4.88. The molecule has 0 saturated carbocycles. The van der Waals surface area contributed by atoms with E-state index in [1.807, 2.05) is 24.3 Å². The van der Waals surface area contributed by atoms with Crippen LogP contribution in [0.3, 0.4) is 0 Å². The van der Waals surface area contributed by atoms with Crippen molar-refractivity contribution in [2.24, 2.45) is 0 Å². The Hall–Kier alpha value is -3.03. The second-order valence-corrected chi connectivity index (χ2v) is 8.04. The number of ether oxygens (including phenoxy) is 1. The Morgan fingerprint density at radius 3 is 2.71 bits per heavy atom. The highest BCUT2D eigenvalue weighted by atomic mass is 19.1. The number of hydrogen-bond donors (Lipinski definition) is 2. The molecule has 3 aromatic rings. The maximum atomic E-state index is 15.3. The zero-order valence-corrected chi connectivity index (χ0v) is 16.8. The molecule has 3 heterocycles. The maximum Gasteiger partial charge on any atom is 0.328 e. The minimum Gasteiger partial charge on any atom is -0.478 e. The molecule has 2 unspecified atom stereocenters. The van der Waals surface area contributed by atoms with Crippen LogP contribution in [0.2, 0.25) is 0 Å². The smallest absolute Gasteiger partial charge is 0.328 e. The van der Waals surface area contributed by atoms with Crippen LogP contribution in [0.5, 0.6) is 0 Å². The SMILES string of the molecule is O=C(O)/C=C/c1cc(F)c(C2c3[nH]c4ccccc4c3CCN2C2CCOC2)c(F)c1. The summed E-state index contributed by atoms with van der Waals surface area (Å²) in [5.41, 5.74) is 3.00. The second-order valence-electron chi connectivity index (χ2n) is 8.04. The topological polar surface area (TPSA) is 65.6 Å². The summed E-state index contributed by atoms with van der Waals surface area (Å²) in [5, 5.41) is 9.88. The molecular weight excluding hydrogens is 402 g/mol. The van der Waals surface area contributed by atoms with Gasteiger partial charge in [-0.05, 0) is 48.2 Å². The number of halogens is 2. The highest BCUT2D eigenvalue weighted by Crippen LogP contribution is 2.42. The van der Waals surface area contributed by atoms with Crippen molar-refractivity contribution < 1.29 is 23.4 Å². The predicted octanol–water partition coefficient (Wildman–Crippen LogP) is 4.28. The number of carboxylic acids is 1. The Balaban J connectivity index is 1.66. The minimum absolute atomic E-state index is 0.0214. The van der Waals surface area contributed by atoms with Gasteiger partial charge < -0.3 is 14.8 Å². The number of rotatable bonds is 4. The average molecular weight is 424 g/mol. The molecule has 0 spiro atoms. The van der Waals surface area contributed by atoms with E-state index in [2.05, 4.69) is 9.88 Å². The summed E-state index contributed by atoms with van der Waals surface area (Å²) in [7, 11) is 0. The van der Waals surface area contributed by atoms with E-state index in [0.717, 1.165) is 41.1 Å². The Morgan fingerprint density at radius 2 is 2.00 bits per heavy atom. The Morgan fingerprint density at radius 1 is 1.23 bits per heavy atom. The van der Waals surface area contributed by atoms with Crippen molar-refractivity contribution in [1.29, 1.82) is 0 Å². The molecule has 2 aliphatic rings. The second kappa shape index (κ2) is 7.90. The third-order valence-electron chi connectivity index (χ3n) is 6.24. The third kappa shape index (κ3) is 3.54. The van der Waals surface area contributed by atoms with Crippen LogP contribution >= 0.6 is 0 Å². The van der Waals surface area contributed by atoms with E-state index in [0.29, 0.717) is 19.8 Å². The fourth-order valence-electron chi connectivity index (χ4n) is 4.88. The fraction of sp³-hybridized carbons (Fsp3) is 0.292. The van der Waals surface area contributed by atoms with E-state index in [9.17, 15) is 4.79 Å². The van der Waals surface area contributed by atoms with Gasteiger partial charge in [-0.25, -0.2) is 13.6 Å². The summed E-state index contributed by atoms with van der Waals surface area (Å²) in [4.78, 5) is 16.3. The Kier molecular flexibility index (Phi) is 5.08. The van der Waals surface area contributed by atoms with E-state index in [1.165, 1.54) is 18.2 Å². The molecule has 0 bridgehead atoms. The van der Waals surface area contributed by atoms with Gasteiger partial charge in [-0.15, -0.1) is 0 Å². The van der Waals surface area contributed by atoms with Gasteiger partial charge >= 0.3 is 5.97 Å². The summed E-state index contributed by atoms with van der Waals surface area (Å²) < 4.78 is 36.2. The van der Waals surface area contributed by atoms with Crippen molar-refractivity contribution >= 4 is 22.9 Å². The number of nitrogens with zero attached hydrogens (tertiary/aromatic N) is 1. The minimum atomic E-state index is -1.17. The molecule has 7 heteroatoms. The van der Waals surface area contributed by atoms with E-state index in [1.54, 1.807) is 0 Å². The van der Waals surface area contributed by atoms with Crippen molar-refractivity contribution in [3.63, 3.8) is 0 Å². The number of para-hydroxylation sites is 1. The first-order valence-electron chi connectivity index (χ1n) is 10.4. The van der Waals surface area contributed by atoms with Crippen molar-refractivity contribution in [2.45, 2.75) is 24.9 Å². The van der Waals surface area contributed by atoms with Crippen molar-refractivity contribution in [3.05, 3.63) is 76.5 Å². The molecule has 2 atom stereocenters. The predicted molar refractivity (Wildman–Crippen MR) is 113 cm³/mol. The number of carboxylic acid groups (broad SMARTS) is 1. The first-order valence-corrected chi connectivity index (χ1v) is 10.4. The Bertz CT molecular complexity index is 1160. The van der Waals surface area contributed by atoms with Gasteiger partial charge in [0.2, 0.25) is 0 Å². The summed E-state index contributed by atoms with van der Waals surface area (Å²) in [5.74, 6) is -2.55. The summed E-state index contributed by atoms with van der Waals surface area (Å²) in [6, 6.07) is 9.76. The molecule has 2 N–H and O–H groups in total. The lowest BCUT2D eigenvalue weighted by Crippen LogP contribution is -2.44. The van der Waals surface area contributed by atoms with Gasteiger partial charge in [0.15, 0.2) is 0 Å². The molecule has 0 radical (unpaired) electrons. The first kappa shape index (κ1) is 19.9. The molecule has 2 aromatic carbocycles. The van der Waals surface area contributed by atoms with Crippen LogP contribution in [0.1, 0.15) is 34.8 Å². The monoisotopic (exact) mass is 424 g/mol. The van der Waals surface area contributed by atoms with Crippen LogP contribution in [0.4, 0.5) is 8.78 Å². The molecule has 0 aliphatic carbocycles. The maximum absolute atomic E-state index is 15.3. The zero-order valence-electron chi connectivity index (χ0n) is 16.8. The summed E-state index contributed by atoms with van der Waals surface area (Å²) in [6.45, 7) is 1.85. The normalized spacial score (nSPS) is 21.7. The van der Waals surface area contributed by atoms with Crippen LogP contribution in [0.15, 0.2) is 42.5 Å². The lowest BCUT2D eigenvalue weighted by molar-refractivity contribution is -0.131. The highest BCUT2D eigenvalue weighted by Gasteiger charge is 2.39. The quantitative estimate of drug-likeness (QED) is 0.614. The molecule has 1 aromatic heterocycles. The molecule has 0 amide bonds. The lowest BCUT2D eigenvalue weighted by atomic mass is 9.89. The van der Waals surface area contributed by atoms with Gasteiger partial charge in [-0.3, -0.25) is 4.90 Å². The number of aromatic nitrogens is 1. The van der Waals surface area contributed by atoms with E-state index in [4.69, 9.17) is 9.84 Å². The summed E-state index contributed by atoms with van der Waals surface area (Å²) >= 11 is 0. The van der Waals surface area contributed by atoms with Gasteiger partial charge in [-0.1, -0.05) is 18.2 Å². The Labute approximate surface area is 177 Å². The van der Waals surface area contributed by atoms with Gasteiger partial charge in [0.1, 0.15) is 11.6 Å². The first-order chi connectivity index (χ1) is 15.0. The van der Waals surface area contributed by atoms with Crippen LogP contribution < -0.4 is 0 Å². The molecule has 5 nitrogen and oxygen atoms in total. The van der Waals surface area contributed by atoms with E-state index < -0.39 is 23.6 Å².